The van der Waals surface area contributed by atoms with E-state index in [1.54, 1.807) is 0 Å². The van der Waals surface area contributed by atoms with Gasteiger partial charge in [-0.2, -0.15) is 0 Å². The van der Waals surface area contributed by atoms with E-state index in [9.17, 15) is 0 Å². The number of rotatable bonds is 1. The van der Waals surface area contributed by atoms with Crippen molar-refractivity contribution in [2.75, 3.05) is 13.2 Å². The van der Waals surface area contributed by atoms with Gasteiger partial charge in [-0.3, -0.25) is 5.73 Å². The van der Waals surface area contributed by atoms with Gasteiger partial charge in [0.05, 0.1) is 5.56 Å². The van der Waals surface area contributed by atoms with Crippen molar-refractivity contribution in [2.45, 2.75) is 6.54 Å². The van der Waals surface area contributed by atoms with Crippen LogP contribution >= 0.6 is 0 Å². The molecule has 100 valence electrons. The lowest BCUT2D eigenvalue weighted by Crippen LogP contribution is -2.20. The van der Waals surface area contributed by atoms with Gasteiger partial charge in [-0.05, 0) is 18.2 Å². The maximum atomic E-state index is 6.27. The highest BCUT2D eigenvalue weighted by atomic mass is 16.6. The van der Waals surface area contributed by atoms with Gasteiger partial charge in [-0.25, -0.2) is 4.58 Å². The van der Waals surface area contributed by atoms with Crippen molar-refractivity contribution in [1.29, 1.82) is 0 Å². The molecule has 0 aliphatic carbocycles. The highest BCUT2D eigenvalue weighted by Gasteiger charge is 2.26. The fourth-order valence-corrected chi connectivity index (χ4v) is 2.74. The average Bonchev–Trinajstić information content (AvgIpc) is 2.84. The molecule has 2 heterocycles. The topological polar surface area (TPSA) is 47.5 Å². The number of amidine groups is 1. The maximum absolute atomic E-state index is 6.27. The molecule has 0 fully saturated rings. The molecule has 0 amide bonds. The quantitative estimate of drug-likeness (QED) is 0.804. The molecule has 2 aliphatic heterocycles. The summed E-state index contributed by atoms with van der Waals surface area (Å²) in [6, 6.07) is 14.2. The maximum Gasteiger partial charge on any atom is 0.280 e. The zero-order valence-electron chi connectivity index (χ0n) is 11.0. The highest BCUT2D eigenvalue weighted by molar-refractivity contribution is 5.97. The first-order valence-corrected chi connectivity index (χ1v) is 6.71. The monoisotopic (exact) mass is 267 g/mol. The molecule has 0 spiro atoms. The molecule has 0 bridgehead atoms. The number of nitrogens with two attached hydrogens (primary N) is 1. The van der Waals surface area contributed by atoms with Gasteiger partial charge >= 0.3 is 0 Å². The van der Waals surface area contributed by atoms with E-state index in [-0.39, 0.29) is 0 Å². The molecule has 2 aromatic rings. The van der Waals surface area contributed by atoms with Gasteiger partial charge in [0, 0.05) is 11.6 Å². The molecular formula is C16H15N2O2+. The molecule has 0 radical (unpaired) electrons. The molecule has 2 aromatic carbocycles. The Hall–Kier alpha value is -2.49. The normalized spacial score (nSPS) is 16.2. The highest BCUT2D eigenvalue weighted by Crippen LogP contribution is 2.35. The van der Waals surface area contributed by atoms with Gasteiger partial charge in [0.15, 0.2) is 11.5 Å². The van der Waals surface area contributed by atoms with Crippen molar-refractivity contribution in [3.05, 3.63) is 53.6 Å². The fourth-order valence-electron chi connectivity index (χ4n) is 2.74. The summed E-state index contributed by atoms with van der Waals surface area (Å²) in [6.07, 6.45) is 0. The van der Waals surface area contributed by atoms with Crippen molar-refractivity contribution in [1.82, 2.24) is 0 Å². The largest absolute Gasteiger partial charge is 0.486 e. The third kappa shape index (κ3) is 1.65. The van der Waals surface area contributed by atoms with Crippen LogP contribution in [-0.4, -0.2) is 23.6 Å². The molecule has 20 heavy (non-hydrogen) atoms. The van der Waals surface area contributed by atoms with Crippen molar-refractivity contribution >= 4 is 11.5 Å². The van der Waals surface area contributed by atoms with E-state index < -0.39 is 0 Å². The Balaban J connectivity index is 1.78. The molecule has 0 saturated carbocycles. The summed E-state index contributed by atoms with van der Waals surface area (Å²) < 4.78 is 13.3. The lowest BCUT2D eigenvalue weighted by molar-refractivity contribution is -0.453. The Kier molecular flexibility index (Phi) is 2.42. The van der Waals surface area contributed by atoms with E-state index in [4.69, 9.17) is 15.2 Å². The second kappa shape index (κ2) is 4.27. The SMILES string of the molecule is NC1=[N+](c2ccc3c(c2)OCCO3)Cc2ccccc21. The molecule has 0 aromatic heterocycles. The Bertz CT molecular complexity index is 722. The first kappa shape index (κ1) is 11.3. The Morgan fingerprint density at radius 2 is 1.75 bits per heavy atom. The molecule has 4 heteroatoms. The van der Waals surface area contributed by atoms with E-state index in [1.165, 1.54) is 5.56 Å². The lowest BCUT2D eigenvalue weighted by Gasteiger charge is -2.18. The molecular weight excluding hydrogens is 252 g/mol. The molecule has 0 unspecified atom stereocenters. The summed E-state index contributed by atoms with van der Waals surface area (Å²) in [4.78, 5) is 0. The van der Waals surface area contributed by atoms with Crippen molar-refractivity contribution < 1.29 is 14.0 Å². The summed E-state index contributed by atoms with van der Waals surface area (Å²) in [5.74, 6) is 2.38. The minimum Gasteiger partial charge on any atom is -0.486 e. The minimum absolute atomic E-state index is 0.593. The zero-order chi connectivity index (χ0) is 13.5. The van der Waals surface area contributed by atoms with Crippen LogP contribution in [0.3, 0.4) is 0 Å². The number of fused-ring (bicyclic) bond motifs is 2. The Morgan fingerprint density at radius 1 is 0.950 bits per heavy atom. The van der Waals surface area contributed by atoms with E-state index in [0.29, 0.717) is 13.2 Å². The first-order chi connectivity index (χ1) is 9.83. The second-order valence-electron chi connectivity index (χ2n) is 4.96. The van der Waals surface area contributed by atoms with Crippen LogP contribution in [0.25, 0.3) is 0 Å². The van der Waals surface area contributed by atoms with Crippen LogP contribution in [-0.2, 0) is 6.54 Å². The lowest BCUT2D eigenvalue weighted by atomic mass is 10.1. The predicted octanol–water partition coefficient (Wildman–Crippen LogP) is 2.02. The Labute approximate surface area is 117 Å². The summed E-state index contributed by atoms with van der Waals surface area (Å²) in [6.45, 7) is 1.99. The molecule has 0 atom stereocenters. The molecule has 0 saturated heterocycles. The van der Waals surface area contributed by atoms with Crippen LogP contribution in [0, 0.1) is 0 Å². The number of nitrogens with zero attached hydrogens (tertiary/aromatic N) is 1. The summed E-state index contributed by atoms with van der Waals surface area (Å²) in [5, 5.41) is 0. The number of benzene rings is 2. The first-order valence-electron chi connectivity index (χ1n) is 6.71. The van der Waals surface area contributed by atoms with Crippen molar-refractivity contribution in [3.8, 4) is 11.5 Å². The standard InChI is InChI=1S/C16H14N2O2/c17-16-13-4-2-1-3-11(13)10-18(16)12-5-6-14-15(9-12)20-8-7-19-14/h1-6,9,17H,7-8,10H2/p+1. The summed E-state index contributed by atoms with van der Waals surface area (Å²) in [7, 11) is 0. The van der Waals surface area contributed by atoms with Gasteiger partial charge in [0.25, 0.3) is 5.84 Å². The van der Waals surface area contributed by atoms with E-state index >= 15 is 0 Å². The fraction of sp³-hybridized carbons (Fsp3) is 0.188. The van der Waals surface area contributed by atoms with Crippen LogP contribution in [0.2, 0.25) is 0 Å². The predicted molar refractivity (Wildman–Crippen MR) is 75.8 cm³/mol. The van der Waals surface area contributed by atoms with Crippen molar-refractivity contribution in [3.63, 3.8) is 0 Å². The Morgan fingerprint density at radius 3 is 2.60 bits per heavy atom. The molecule has 2 N–H and O–H groups in total. The summed E-state index contributed by atoms with van der Waals surface area (Å²) >= 11 is 0. The van der Waals surface area contributed by atoms with Gasteiger partial charge in [0.2, 0.25) is 0 Å². The molecule has 4 rings (SSSR count). The van der Waals surface area contributed by atoms with E-state index in [1.807, 2.05) is 30.3 Å². The van der Waals surface area contributed by atoms with Crippen LogP contribution in [0.1, 0.15) is 11.1 Å². The van der Waals surface area contributed by atoms with Crippen molar-refractivity contribution in [2.24, 2.45) is 5.73 Å². The van der Waals surface area contributed by atoms with E-state index in [0.717, 1.165) is 35.1 Å². The number of hydrogen-bond donors (Lipinski definition) is 1. The third-order valence-electron chi connectivity index (χ3n) is 3.75. The van der Waals surface area contributed by atoms with E-state index in [2.05, 4.69) is 16.7 Å². The third-order valence-corrected chi connectivity index (χ3v) is 3.75. The van der Waals surface area contributed by atoms with Crippen LogP contribution in [0.4, 0.5) is 5.69 Å². The zero-order valence-corrected chi connectivity index (χ0v) is 11.0. The smallest absolute Gasteiger partial charge is 0.280 e. The van der Waals surface area contributed by atoms with Crippen LogP contribution in [0.15, 0.2) is 42.5 Å². The van der Waals surface area contributed by atoms with Crippen LogP contribution < -0.4 is 15.2 Å². The van der Waals surface area contributed by atoms with Gasteiger partial charge < -0.3 is 9.47 Å². The number of hydrogen-bond acceptors (Lipinski definition) is 3. The van der Waals surface area contributed by atoms with Gasteiger partial charge in [0.1, 0.15) is 25.4 Å². The molecule has 2 aliphatic rings. The van der Waals surface area contributed by atoms with Gasteiger partial charge in [-0.1, -0.05) is 18.2 Å². The number of ether oxygens (including phenoxy) is 2. The summed E-state index contributed by atoms with van der Waals surface area (Å²) in [5.41, 5.74) is 9.66. The van der Waals surface area contributed by atoms with Gasteiger partial charge in [-0.15, -0.1) is 0 Å². The molecule has 4 nitrogen and oxygen atoms in total. The average molecular weight is 267 g/mol. The minimum atomic E-state index is 0.593. The second-order valence-corrected chi connectivity index (χ2v) is 4.96. The van der Waals surface area contributed by atoms with Crippen LogP contribution in [0.5, 0.6) is 11.5 Å².